The number of aryl methyl sites for hydroxylation is 3. The van der Waals surface area contributed by atoms with Crippen molar-refractivity contribution in [3.8, 4) is 11.1 Å². The number of rotatable bonds is 4. The van der Waals surface area contributed by atoms with Crippen LogP contribution in [0.1, 0.15) is 37.5 Å². The van der Waals surface area contributed by atoms with Gasteiger partial charge in [-0.15, -0.1) is 0 Å². The molecule has 0 heteroatoms. The lowest BCUT2D eigenvalue weighted by atomic mass is 9.91. The Balaban J connectivity index is 2.53. The smallest absolute Gasteiger partial charge is 0.0120 e. The van der Waals surface area contributed by atoms with Crippen molar-refractivity contribution in [2.24, 2.45) is 0 Å². The van der Waals surface area contributed by atoms with Crippen LogP contribution in [0, 0.1) is 0 Å². The molecule has 0 spiro atoms. The molecule has 0 fully saturated rings. The van der Waals surface area contributed by atoms with Crippen LogP contribution in [0.5, 0.6) is 0 Å². The number of hydrogen-bond acceptors (Lipinski definition) is 0. The molecule has 0 radical (unpaired) electrons. The molecule has 0 atom stereocenters. The van der Waals surface area contributed by atoms with E-state index in [4.69, 9.17) is 0 Å². The van der Waals surface area contributed by atoms with Crippen LogP contribution in [-0.2, 0) is 19.3 Å². The monoisotopic (exact) mass is 238 g/mol. The predicted octanol–water partition coefficient (Wildman–Crippen LogP) is 5.04. The summed E-state index contributed by atoms with van der Waals surface area (Å²) in [5.74, 6) is 0. The Morgan fingerprint density at radius 1 is 0.667 bits per heavy atom. The molecule has 0 aromatic heterocycles. The minimum Gasteiger partial charge on any atom is -0.0617 e. The van der Waals surface area contributed by atoms with Crippen LogP contribution in [0.4, 0.5) is 0 Å². The highest BCUT2D eigenvalue weighted by Crippen LogP contribution is 2.29. The third-order valence-corrected chi connectivity index (χ3v) is 3.65. The van der Waals surface area contributed by atoms with Crippen molar-refractivity contribution in [3.05, 3.63) is 59.2 Å². The second kappa shape index (κ2) is 5.86. The zero-order valence-electron chi connectivity index (χ0n) is 11.7. The van der Waals surface area contributed by atoms with Gasteiger partial charge in [-0.1, -0.05) is 63.2 Å². The van der Waals surface area contributed by atoms with E-state index in [0.29, 0.717) is 0 Å². The van der Waals surface area contributed by atoms with Crippen molar-refractivity contribution in [1.82, 2.24) is 0 Å². The first-order valence-corrected chi connectivity index (χ1v) is 7.00. The van der Waals surface area contributed by atoms with Gasteiger partial charge in [-0.25, -0.2) is 0 Å². The molecule has 0 nitrogen and oxygen atoms in total. The zero-order chi connectivity index (χ0) is 13.0. The van der Waals surface area contributed by atoms with E-state index >= 15 is 0 Å². The standard InChI is InChI=1S/C18H22/c1-4-14-10-12-17(13-11-14)18-15(5-2)8-7-9-16(18)6-3/h7-13H,4-6H2,1-3H3. The minimum atomic E-state index is 1.10. The van der Waals surface area contributed by atoms with Crippen LogP contribution in [-0.4, -0.2) is 0 Å². The summed E-state index contributed by atoms with van der Waals surface area (Å²) < 4.78 is 0. The molecule has 2 aromatic carbocycles. The molecule has 0 amide bonds. The fourth-order valence-electron chi connectivity index (χ4n) is 2.52. The quantitative estimate of drug-likeness (QED) is 0.700. The first-order chi connectivity index (χ1) is 8.80. The van der Waals surface area contributed by atoms with Gasteiger partial charge in [-0.2, -0.15) is 0 Å². The van der Waals surface area contributed by atoms with E-state index in [-0.39, 0.29) is 0 Å². The van der Waals surface area contributed by atoms with Crippen LogP contribution < -0.4 is 0 Å². The summed E-state index contributed by atoms with van der Waals surface area (Å²) in [5.41, 5.74) is 7.13. The molecular weight excluding hydrogens is 216 g/mol. The van der Waals surface area contributed by atoms with Gasteiger partial charge in [0.25, 0.3) is 0 Å². The van der Waals surface area contributed by atoms with Gasteiger partial charge in [0, 0.05) is 0 Å². The van der Waals surface area contributed by atoms with Gasteiger partial charge in [-0.3, -0.25) is 0 Å². The van der Waals surface area contributed by atoms with Crippen molar-refractivity contribution in [3.63, 3.8) is 0 Å². The Labute approximate surface area is 111 Å². The molecule has 0 aliphatic carbocycles. The maximum absolute atomic E-state index is 2.27. The lowest BCUT2D eigenvalue weighted by Gasteiger charge is -2.13. The van der Waals surface area contributed by atoms with Gasteiger partial charge in [0.05, 0.1) is 0 Å². The van der Waals surface area contributed by atoms with Gasteiger partial charge in [0.1, 0.15) is 0 Å². The van der Waals surface area contributed by atoms with Gasteiger partial charge in [0.15, 0.2) is 0 Å². The third-order valence-electron chi connectivity index (χ3n) is 3.65. The molecule has 0 N–H and O–H groups in total. The van der Waals surface area contributed by atoms with Gasteiger partial charge in [-0.05, 0) is 47.1 Å². The first-order valence-electron chi connectivity index (χ1n) is 7.00. The highest BCUT2D eigenvalue weighted by molar-refractivity contribution is 5.71. The van der Waals surface area contributed by atoms with Crippen LogP contribution in [0.25, 0.3) is 11.1 Å². The number of benzene rings is 2. The maximum Gasteiger partial charge on any atom is -0.0120 e. The summed E-state index contributed by atoms with van der Waals surface area (Å²) in [7, 11) is 0. The summed E-state index contributed by atoms with van der Waals surface area (Å²) in [6.45, 7) is 6.67. The first kappa shape index (κ1) is 12.9. The molecule has 2 aromatic rings. The summed E-state index contributed by atoms with van der Waals surface area (Å²) in [6, 6.07) is 15.7. The van der Waals surface area contributed by atoms with E-state index in [9.17, 15) is 0 Å². The Morgan fingerprint density at radius 3 is 1.67 bits per heavy atom. The maximum atomic E-state index is 2.27. The zero-order valence-corrected chi connectivity index (χ0v) is 11.7. The minimum absolute atomic E-state index is 1.10. The summed E-state index contributed by atoms with van der Waals surface area (Å²) in [5, 5.41) is 0. The van der Waals surface area contributed by atoms with Crippen LogP contribution in [0.2, 0.25) is 0 Å². The Morgan fingerprint density at radius 2 is 1.22 bits per heavy atom. The molecule has 18 heavy (non-hydrogen) atoms. The Hall–Kier alpha value is -1.56. The van der Waals surface area contributed by atoms with E-state index in [2.05, 4.69) is 63.2 Å². The van der Waals surface area contributed by atoms with Crippen molar-refractivity contribution >= 4 is 0 Å². The Bertz CT molecular complexity index is 484. The van der Waals surface area contributed by atoms with Gasteiger partial charge in [0.2, 0.25) is 0 Å². The molecule has 0 aliphatic heterocycles. The van der Waals surface area contributed by atoms with E-state index < -0.39 is 0 Å². The molecule has 0 aliphatic rings. The van der Waals surface area contributed by atoms with Crippen molar-refractivity contribution in [1.29, 1.82) is 0 Å². The average molecular weight is 238 g/mol. The molecule has 2 rings (SSSR count). The third kappa shape index (κ3) is 2.48. The normalized spacial score (nSPS) is 10.6. The van der Waals surface area contributed by atoms with E-state index in [1.165, 1.54) is 27.8 Å². The molecule has 0 unspecified atom stereocenters. The summed E-state index contributed by atoms with van der Waals surface area (Å²) >= 11 is 0. The fraction of sp³-hybridized carbons (Fsp3) is 0.333. The van der Waals surface area contributed by atoms with Crippen molar-refractivity contribution in [2.75, 3.05) is 0 Å². The SMILES string of the molecule is CCc1ccc(-c2c(CC)cccc2CC)cc1. The van der Waals surface area contributed by atoms with E-state index in [0.717, 1.165) is 19.3 Å². The Kier molecular flexibility index (Phi) is 4.19. The summed E-state index contributed by atoms with van der Waals surface area (Å²) in [6.07, 6.45) is 3.30. The van der Waals surface area contributed by atoms with Gasteiger partial charge >= 0.3 is 0 Å². The molecule has 94 valence electrons. The molecular formula is C18H22. The van der Waals surface area contributed by atoms with Crippen LogP contribution in [0.15, 0.2) is 42.5 Å². The van der Waals surface area contributed by atoms with Crippen molar-refractivity contribution in [2.45, 2.75) is 40.0 Å². The number of hydrogen-bond donors (Lipinski definition) is 0. The van der Waals surface area contributed by atoms with Crippen LogP contribution >= 0.6 is 0 Å². The second-order valence-electron chi connectivity index (χ2n) is 4.71. The fourth-order valence-corrected chi connectivity index (χ4v) is 2.52. The lowest BCUT2D eigenvalue weighted by Crippen LogP contribution is -1.94. The van der Waals surface area contributed by atoms with Crippen LogP contribution in [0.3, 0.4) is 0 Å². The second-order valence-corrected chi connectivity index (χ2v) is 4.71. The van der Waals surface area contributed by atoms with Gasteiger partial charge < -0.3 is 0 Å². The molecule has 0 saturated heterocycles. The van der Waals surface area contributed by atoms with E-state index in [1.54, 1.807) is 0 Å². The van der Waals surface area contributed by atoms with Crippen molar-refractivity contribution < 1.29 is 0 Å². The topological polar surface area (TPSA) is 0 Å². The summed E-state index contributed by atoms with van der Waals surface area (Å²) in [4.78, 5) is 0. The molecule has 0 heterocycles. The average Bonchev–Trinajstić information content (AvgIpc) is 2.46. The highest BCUT2D eigenvalue weighted by atomic mass is 14.1. The predicted molar refractivity (Wildman–Crippen MR) is 80.0 cm³/mol. The largest absolute Gasteiger partial charge is 0.0617 e. The highest BCUT2D eigenvalue weighted by Gasteiger charge is 2.08. The molecule has 0 saturated carbocycles. The van der Waals surface area contributed by atoms with E-state index in [1.807, 2.05) is 0 Å². The lowest BCUT2D eigenvalue weighted by molar-refractivity contribution is 1.09. The molecule has 0 bridgehead atoms.